The van der Waals surface area contributed by atoms with Gasteiger partial charge in [0.2, 0.25) is 5.91 Å². The normalized spacial score (nSPS) is 11.6. The highest BCUT2D eigenvalue weighted by molar-refractivity contribution is 7.99. The van der Waals surface area contributed by atoms with Crippen LogP contribution in [0.1, 0.15) is 162 Å². The lowest BCUT2D eigenvalue weighted by Crippen LogP contribution is -2.34. The monoisotopic (exact) mass is 709 g/mol. The first kappa shape index (κ1) is 47.2. The van der Waals surface area contributed by atoms with Gasteiger partial charge in [-0.1, -0.05) is 96.4 Å². The zero-order chi connectivity index (χ0) is 36.0. The fraction of sp³-hybridized carbons (Fsp3) is 0.829. The van der Waals surface area contributed by atoms with Crippen molar-refractivity contribution < 1.29 is 23.9 Å². The number of hydrogen-bond donors (Lipinski definition) is 0. The molecule has 7 nitrogen and oxygen atoms in total. The van der Waals surface area contributed by atoms with Crippen LogP contribution in [0.5, 0.6) is 0 Å². The van der Waals surface area contributed by atoms with Gasteiger partial charge in [-0.2, -0.15) is 11.8 Å². The Morgan fingerprint density at radius 3 is 1.47 bits per heavy atom. The fourth-order valence-corrected chi connectivity index (χ4v) is 6.22. The summed E-state index contributed by atoms with van der Waals surface area (Å²) in [5, 5.41) is 0. The molecule has 0 bridgehead atoms. The number of carbonyl (C=O) groups is 3. The Kier molecular flexibility index (Phi) is 36.1. The molecule has 0 heterocycles. The zero-order valence-electron chi connectivity index (χ0n) is 32.4. The molecule has 0 aromatic heterocycles. The van der Waals surface area contributed by atoms with Gasteiger partial charge in [0.05, 0.1) is 19.0 Å². The summed E-state index contributed by atoms with van der Waals surface area (Å²) in [6.07, 6.45) is 31.1. The Morgan fingerprint density at radius 2 is 1.00 bits per heavy atom. The van der Waals surface area contributed by atoms with E-state index in [0.717, 1.165) is 109 Å². The maximum atomic E-state index is 13.1. The van der Waals surface area contributed by atoms with Crippen LogP contribution in [0.2, 0.25) is 0 Å². The summed E-state index contributed by atoms with van der Waals surface area (Å²) in [4.78, 5) is 41.4. The van der Waals surface area contributed by atoms with Crippen LogP contribution >= 0.6 is 11.8 Å². The van der Waals surface area contributed by atoms with Crippen LogP contribution in [0.25, 0.3) is 0 Å². The van der Waals surface area contributed by atoms with Crippen LogP contribution in [0, 0.1) is 0 Å². The average Bonchev–Trinajstić information content (AvgIpc) is 3.10. The van der Waals surface area contributed by atoms with E-state index < -0.39 is 0 Å². The van der Waals surface area contributed by atoms with Crippen LogP contribution in [0.3, 0.4) is 0 Å². The van der Waals surface area contributed by atoms with Gasteiger partial charge in [-0.05, 0) is 90.6 Å². The molecule has 0 spiro atoms. The third-order valence-corrected chi connectivity index (χ3v) is 9.64. The lowest BCUT2D eigenvalue weighted by atomic mass is 10.1. The number of allylic oxidation sites excluding steroid dienone is 4. The summed E-state index contributed by atoms with van der Waals surface area (Å²) in [5.74, 6) is 1.52. The van der Waals surface area contributed by atoms with Gasteiger partial charge in [0.15, 0.2) is 0 Å². The molecule has 0 aromatic carbocycles. The molecule has 0 aliphatic heterocycles. The first-order chi connectivity index (χ1) is 23.9. The van der Waals surface area contributed by atoms with Gasteiger partial charge in [-0.3, -0.25) is 14.4 Å². The van der Waals surface area contributed by atoms with Crippen LogP contribution in [0.15, 0.2) is 24.3 Å². The third-order valence-electron chi connectivity index (χ3n) is 8.72. The summed E-state index contributed by atoms with van der Waals surface area (Å²) < 4.78 is 10.8. The molecule has 0 fully saturated rings. The highest BCUT2D eigenvalue weighted by Crippen LogP contribution is 2.11. The van der Waals surface area contributed by atoms with Crippen molar-refractivity contribution in [3.8, 4) is 0 Å². The Balaban J connectivity index is 4.18. The number of thioether (sulfide) groups is 1. The van der Waals surface area contributed by atoms with E-state index in [9.17, 15) is 14.4 Å². The quantitative estimate of drug-likeness (QED) is 0.0364. The predicted molar refractivity (Wildman–Crippen MR) is 210 cm³/mol. The van der Waals surface area contributed by atoms with Gasteiger partial charge >= 0.3 is 11.9 Å². The smallest absolute Gasteiger partial charge is 0.306 e. The van der Waals surface area contributed by atoms with Crippen molar-refractivity contribution in [2.75, 3.05) is 57.9 Å². The second-order valence-electron chi connectivity index (χ2n) is 13.3. The topological polar surface area (TPSA) is 76.1 Å². The molecule has 0 aliphatic carbocycles. The van der Waals surface area contributed by atoms with Gasteiger partial charge in [0, 0.05) is 38.2 Å². The minimum atomic E-state index is -0.107. The molecule has 0 rings (SSSR count). The molecule has 0 atom stereocenters. The van der Waals surface area contributed by atoms with E-state index in [0.29, 0.717) is 31.8 Å². The van der Waals surface area contributed by atoms with Crippen molar-refractivity contribution in [3.63, 3.8) is 0 Å². The number of hydrogen-bond acceptors (Lipinski definition) is 7. The zero-order valence-corrected chi connectivity index (χ0v) is 33.2. The van der Waals surface area contributed by atoms with Gasteiger partial charge in [0.1, 0.15) is 0 Å². The Hall–Kier alpha value is -1.80. The second-order valence-corrected chi connectivity index (χ2v) is 14.4. The maximum absolute atomic E-state index is 13.1. The molecule has 1 amide bonds. The van der Waals surface area contributed by atoms with E-state index in [1.54, 1.807) is 11.8 Å². The lowest BCUT2D eigenvalue weighted by molar-refractivity contribution is -0.144. The Morgan fingerprint density at radius 1 is 0.551 bits per heavy atom. The maximum Gasteiger partial charge on any atom is 0.306 e. The number of unbranched alkanes of at least 4 members (excludes halogenated alkanes) is 14. The van der Waals surface area contributed by atoms with Gasteiger partial charge in [-0.15, -0.1) is 0 Å². The van der Waals surface area contributed by atoms with Crippen LogP contribution in [-0.4, -0.2) is 85.6 Å². The third kappa shape index (κ3) is 34.4. The van der Waals surface area contributed by atoms with Gasteiger partial charge in [0.25, 0.3) is 0 Å². The van der Waals surface area contributed by atoms with E-state index in [1.165, 1.54) is 51.4 Å². The Bertz CT molecular complexity index is 783. The first-order valence-electron chi connectivity index (χ1n) is 20.1. The molecule has 0 saturated heterocycles. The summed E-state index contributed by atoms with van der Waals surface area (Å²) in [7, 11) is 2.11. The van der Waals surface area contributed by atoms with E-state index in [1.807, 2.05) is 4.90 Å². The minimum absolute atomic E-state index is 0.107. The van der Waals surface area contributed by atoms with Gasteiger partial charge in [-0.25, -0.2) is 0 Å². The van der Waals surface area contributed by atoms with E-state index in [-0.39, 0.29) is 17.8 Å². The average molecular weight is 709 g/mol. The first-order valence-corrected chi connectivity index (χ1v) is 21.2. The second kappa shape index (κ2) is 37.5. The molecule has 0 saturated carbocycles. The number of ether oxygens (including phenoxy) is 2. The van der Waals surface area contributed by atoms with Crippen molar-refractivity contribution in [1.82, 2.24) is 9.80 Å². The van der Waals surface area contributed by atoms with Crippen molar-refractivity contribution in [3.05, 3.63) is 24.3 Å². The molecule has 49 heavy (non-hydrogen) atoms. The summed E-state index contributed by atoms with van der Waals surface area (Å²) >= 11 is 1.72. The minimum Gasteiger partial charge on any atom is -0.466 e. The number of rotatable bonds is 36. The van der Waals surface area contributed by atoms with Gasteiger partial charge < -0.3 is 19.3 Å². The molecule has 0 radical (unpaired) electrons. The van der Waals surface area contributed by atoms with Crippen molar-refractivity contribution in [2.24, 2.45) is 0 Å². The number of amides is 1. The highest BCUT2D eigenvalue weighted by Gasteiger charge is 2.13. The SMILES string of the molecule is CCCCCCC=CCCC(=O)OCCCCCCN(CCCCCCOC(=O)CCC=CCCCCCC)C(=O)CSCCN(C)CC. The van der Waals surface area contributed by atoms with Crippen LogP contribution in [0.4, 0.5) is 0 Å². The summed E-state index contributed by atoms with van der Waals surface area (Å²) in [6, 6.07) is 0. The fourth-order valence-electron chi connectivity index (χ4n) is 5.28. The van der Waals surface area contributed by atoms with E-state index in [2.05, 4.69) is 57.0 Å². The molecule has 0 N–H and O–H groups in total. The standard InChI is InChI=1S/C41H76N2O5S/c1-5-8-10-12-14-16-18-24-30-40(45)47-35-28-22-20-26-32-43(39(44)38-49-37-34-42(4)7-3)33-27-21-23-29-36-48-41(46)31-25-19-17-15-13-11-9-6-2/h16-19H,5-15,20-38H2,1-4H3. The molecule has 0 aromatic rings. The summed E-state index contributed by atoms with van der Waals surface area (Å²) in [6.45, 7) is 11.1. The van der Waals surface area contributed by atoms with E-state index >= 15 is 0 Å². The van der Waals surface area contributed by atoms with E-state index in [4.69, 9.17) is 9.47 Å². The molecular weight excluding hydrogens is 633 g/mol. The number of nitrogens with zero attached hydrogens (tertiary/aromatic N) is 2. The largest absolute Gasteiger partial charge is 0.466 e. The molecule has 8 heteroatoms. The molecule has 286 valence electrons. The number of esters is 2. The van der Waals surface area contributed by atoms with Crippen LogP contribution < -0.4 is 0 Å². The van der Waals surface area contributed by atoms with Crippen molar-refractivity contribution in [2.45, 2.75) is 162 Å². The lowest BCUT2D eigenvalue weighted by Gasteiger charge is -2.23. The molecular formula is C41H76N2O5S. The summed E-state index contributed by atoms with van der Waals surface area (Å²) in [5.41, 5.74) is 0. The predicted octanol–water partition coefficient (Wildman–Crippen LogP) is 10.3. The molecule has 0 unspecified atom stereocenters. The Labute approximate surface area is 306 Å². The highest BCUT2D eigenvalue weighted by atomic mass is 32.2. The van der Waals surface area contributed by atoms with Crippen LogP contribution in [-0.2, 0) is 23.9 Å². The van der Waals surface area contributed by atoms with Crippen molar-refractivity contribution in [1.29, 1.82) is 0 Å². The number of carbonyl (C=O) groups excluding carboxylic acids is 3. The molecule has 0 aliphatic rings. The van der Waals surface area contributed by atoms with Crippen molar-refractivity contribution >= 4 is 29.6 Å².